The number of aliphatic imine (C=N–C) groups is 1. The molecule has 0 aromatic carbocycles. The fourth-order valence-electron chi connectivity index (χ4n) is 2.87. The number of amides is 3. The van der Waals surface area contributed by atoms with E-state index < -0.39 is 60.4 Å². The van der Waals surface area contributed by atoms with E-state index in [0.717, 1.165) is 11.1 Å². The molecule has 2 aliphatic heterocycles. The fraction of sp³-hybridized carbons (Fsp3) is 0.714. The standard InChI is InChI=1S/C14H21N3O8/c1-14(10-9(20)8(19)7(4-18)25-10)5-16-13(24)17(12(14)23)3-2-6(15)11(21)22/h5-10,18-20H,2-4,15H2,1H3,(H,21,22)/t6?,7-,8-,9-,10-,14?/m1/s1. The van der Waals surface area contributed by atoms with Crippen molar-refractivity contribution in [3.63, 3.8) is 0 Å². The molecule has 140 valence electrons. The number of imide groups is 1. The molecule has 0 saturated carbocycles. The zero-order chi connectivity index (χ0) is 18.9. The summed E-state index contributed by atoms with van der Waals surface area (Å²) < 4.78 is 5.38. The summed E-state index contributed by atoms with van der Waals surface area (Å²) in [6, 6.07) is -2.14. The van der Waals surface area contributed by atoms with Gasteiger partial charge < -0.3 is 30.9 Å². The molecule has 2 heterocycles. The number of aliphatic carboxylic acids is 1. The minimum Gasteiger partial charge on any atom is -0.480 e. The highest BCUT2D eigenvalue weighted by Crippen LogP contribution is 2.37. The Labute approximate surface area is 142 Å². The van der Waals surface area contributed by atoms with Crippen LogP contribution in [-0.4, -0.2) is 93.1 Å². The average molecular weight is 359 g/mol. The highest BCUT2D eigenvalue weighted by atomic mass is 16.6. The molecule has 3 amide bonds. The van der Waals surface area contributed by atoms with Gasteiger partial charge in [-0.2, -0.15) is 0 Å². The van der Waals surface area contributed by atoms with Crippen LogP contribution in [0.4, 0.5) is 4.79 Å². The number of aliphatic hydroxyl groups excluding tert-OH is 3. The van der Waals surface area contributed by atoms with Crippen LogP contribution < -0.4 is 5.73 Å². The molecule has 0 bridgehead atoms. The Hall–Kier alpha value is -1.92. The van der Waals surface area contributed by atoms with E-state index in [1.807, 2.05) is 0 Å². The second-order valence-electron chi connectivity index (χ2n) is 6.27. The van der Waals surface area contributed by atoms with Crippen LogP contribution in [0, 0.1) is 5.41 Å². The summed E-state index contributed by atoms with van der Waals surface area (Å²) in [5.74, 6) is -2.04. The van der Waals surface area contributed by atoms with Crippen molar-refractivity contribution < 1.29 is 39.5 Å². The van der Waals surface area contributed by atoms with Gasteiger partial charge in [0.05, 0.1) is 6.61 Å². The van der Waals surface area contributed by atoms with E-state index in [4.69, 9.17) is 20.7 Å². The summed E-state index contributed by atoms with van der Waals surface area (Å²) in [7, 11) is 0. The van der Waals surface area contributed by atoms with Gasteiger partial charge in [0.25, 0.3) is 0 Å². The van der Waals surface area contributed by atoms with Crippen molar-refractivity contribution in [2.24, 2.45) is 16.1 Å². The Morgan fingerprint density at radius 3 is 2.60 bits per heavy atom. The van der Waals surface area contributed by atoms with Gasteiger partial charge in [-0.15, -0.1) is 0 Å². The van der Waals surface area contributed by atoms with Crippen LogP contribution in [-0.2, 0) is 14.3 Å². The number of urea groups is 1. The van der Waals surface area contributed by atoms with E-state index in [2.05, 4.69) is 4.99 Å². The fourth-order valence-corrected chi connectivity index (χ4v) is 2.87. The van der Waals surface area contributed by atoms with Crippen molar-refractivity contribution in [1.82, 2.24) is 4.90 Å². The highest BCUT2D eigenvalue weighted by molar-refractivity contribution is 6.12. The first-order valence-corrected chi connectivity index (χ1v) is 7.65. The first-order valence-electron chi connectivity index (χ1n) is 7.65. The molecule has 6 atom stereocenters. The zero-order valence-corrected chi connectivity index (χ0v) is 13.5. The third-order valence-electron chi connectivity index (χ3n) is 4.49. The van der Waals surface area contributed by atoms with E-state index in [1.165, 1.54) is 6.92 Å². The van der Waals surface area contributed by atoms with E-state index in [-0.39, 0.29) is 13.0 Å². The van der Waals surface area contributed by atoms with Crippen molar-refractivity contribution in [3.05, 3.63) is 0 Å². The molecule has 2 aliphatic rings. The lowest BCUT2D eigenvalue weighted by Crippen LogP contribution is -2.57. The summed E-state index contributed by atoms with van der Waals surface area (Å²) in [6.07, 6.45) is -4.34. The van der Waals surface area contributed by atoms with Gasteiger partial charge in [0.1, 0.15) is 35.9 Å². The Balaban J connectivity index is 2.21. The Morgan fingerprint density at radius 1 is 1.44 bits per heavy atom. The molecule has 2 unspecified atom stereocenters. The smallest absolute Gasteiger partial charge is 0.349 e. The number of aliphatic hydroxyl groups is 3. The number of nitrogens with two attached hydrogens (primary N) is 1. The number of ether oxygens (including phenoxy) is 1. The van der Waals surface area contributed by atoms with Gasteiger partial charge in [-0.25, -0.2) is 9.79 Å². The number of hydrogen-bond acceptors (Lipinski definition) is 8. The van der Waals surface area contributed by atoms with Crippen LogP contribution in [0.3, 0.4) is 0 Å². The molecule has 6 N–H and O–H groups in total. The van der Waals surface area contributed by atoms with Crippen LogP contribution in [0.5, 0.6) is 0 Å². The molecule has 11 heteroatoms. The molecular weight excluding hydrogens is 338 g/mol. The summed E-state index contributed by atoms with van der Waals surface area (Å²) in [5.41, 5.74) is 3.80. The molecule has 0 radical (unpaired) electrons. The topological polar surface area (TPSA) is 183 Å². The number of carboxylic acid groups (broad SMARTS) is 1. The lowest BCUT2D eigenvalue weighted by Gasteiger charge is -2.37. The van der Waals surface area contributed by atoms with Crippen molar-refractivity contribution in [2.45, 2.75) is 43.8 Å². The predicted octanol–water partition coefficient (Wildman–Crippen LogP) is -2.69. The molecular formula is C14H21N3O8. The van der Waals surface area contributed by atoms with Crippen molar-refractivity contribution in [1.29, 1.82) is 0 Å². The van der Waals surface area contributed by atoms with Crippen LogP contribution in [0.15, 0.2) is 4.99 Å². The molecule has 0 aromatic heterocycles. The number of rotatable bonds is 6. The van der Waals surface area contributed by atoms with E-state index >= 15 is 0 Å². The van der Waals surface area contributed by atoms with Crippen molar-refractivity contribution in [2.75, 3.05) is 13.2 Å². The van der Waals surface area contributed by atoms with Gasteiger partial charge in [-0.1, -0.05) is 0 Å². The van der Waals surface area contributed by atoms with Crippen LogP contribution in [0.25, 0.3) is 0 Å². The molecule has 1 fully saturated rings. The molecule has 11 nitrogen and oxygen atoms in total. The van der Waals surface area contributed by atoms with Crippen LogP contribution >= 0.6 is 0 Å². The summed E-state index contributed by atoms with van der Waals surface area (Å²) >= 11 is 0. The Bertz CT molecular complexity index is 597. The van der Waals surface area contributed by atoms with Crippen LogP contribution in [0.1, 0.15) is 13.3 Å². The maximum Gasteiger partial charge on any atom is 0.349 e. The Kier molecular flexibility index (Phi) is 5.54. The van der Waals surface area contributed by atoms with E-state index in [1.54, 1.807) is 0 Å². The van der Waals surface area contributed by atoms with Gasteiger partial charge >= 0.3 is 12.0 Å². The lowest BCUT2D eigenvalue weighted by atomic mass is 9.80. The molecule has 1 saturated heterocycles. The van der Waals surface area contributed by atoms with Gasteiger partial charge in [0, 0.05) is 12.8 Å². The number of carboxylic acids is 1. The normalized spacial score (nSPS) is 36.8. The zero-order valence-electron chi connectivity index (χ0n) is 13.5. The SMILES string of the molecule is CC1([C@@H]2O[C@H](CO)[C@@H](O)[C@H]2O)C=NC(=O)N(CCC(N)C(=O)O)C1=O. The first-order chi connectivity index (χ1) is 11.6. The molecule has 0 spiro atoms. The number of carbonyl (C=O) groups excluding carboxylic acids is 2. The molecule has 2 rings (SSSR count). The summed E-state index contributed by atoms with van der Waals surface area (Å²) in [4.78, 5) is 39.8. The van der Waals surface area contributed by atoms with Gasteiger partial charge in [0.2, 0.25) is 5.91 Å². The van der Waals surface area contributed by atoms with Crippen LogP contribution in [0.2, 0.25) is 0 Å². The average Bonchev–Trinajstić information content (AvgIpc) is 2.86. The Morgan fingerprint density at radius 2 is 2.08 bits per heavy atom. The third kappa shape index (κ3) is 3.41. The van der Waals surface area contributed by atoms with Gasteiger partial charge in [0.15, 0.2) is 0 Å². The van der Waals surface area contributed by atoms with Crippen molar-refractivity contribution in [3.8, 4) is 0 Å². The number of nitrogens with zero attached hydrogens (tertiary/aromatic N) is 2. The first kappa shape index (κ1) is 19.4. The van der Waals surface area contributed by atoms with E-state index in [0.29, 0.717) is 0 Å². The van der Waals surface area contributed by atoms with Crippen molar-refractivity contribution >= 4 is 24.1 Å². The van der Waals surface area contributed by atoms with Gasteiger partial charge in [-0.3, -0.25) is 14.5 Å². The maximum absolute atomic E-state index is 12.8. The predicted molar refractivity (Wildman–Crippen MR) is 81.7 cm³/mol. The van der Waals surface area contributed by atoms with E-state index in [9.17, 15) is 24.6 Å². The maximum atomic E-state index is 12.8. The number of carbonyl (C=O) groups is 3. The third-order valence-corrected chi connectivity index (χ3v) is 4.49. The highest BCUT2D eigenvalue weighted by Gasteiger charge is 2.56. The minimum atomic E-state index is -1.58. The monoisotopic (exact) mass is 359 g/mol. The molecule has 0 aliphatic carbocycles. The van der Waals surface area contributed by atoms with Gasteiger partial charge in [-0.05, 0) is 13.3 Å². The number of hydrogen-bond donors (Lipinski definition) is 5. The minimum absolute atomic E-state index is 0.172. The lowest BCUT2D eigenvalue weighted by molar-refractivity contribution is -0.146. The molecule has 0 aromatic rings. The largest absolute Gasteiger partial charge is 0.480 e. The summed E-state index contributed by atoms with van der Waals surface area (Å²) in [6.45, 7) is 0.537. The second kappa shape index (κ2) is 7.14. The summed E-state index contributed by atoms with van der Waals surface area (Å²) in [5, 5.41) is 38.0. The quantitative estimate of drug-likeness (QED) is 0.337. The molecule has 25 heavy (non-hydrogen) atoms. The second-order valence-corrected chi connectivity index (χ2v) is 6.27.